The molecule has 0 aliphatic heterocycles. The summed E-state index contributed by atoms with van der Waals surface area (Å²) >= 11 is 0. The van der Waals surface area contributed by atoms with Gasteiger partial charge in [0.2, 0.25) is 0 Å². The Morgan fingerprint density at radius 3 is 2.64 bits per heavy atom. The molecular weight excluding hydrogens is 338 g/mol. The van der Waals surface area contributed by atoms with Gasteiger partial charge in [0, 0.05) is 19.0 Å². The number of carbonyl (C=O) groups excluding carboxylic acids is 1. The molecule has 0 saturated carbocycles. The Morgan fingerprint density at radius 2 is 1.92 bits per heavy atom. The molecule has 7 heteroatoms. The van der Waals surface area contributed by atoms with Crippen molar-refractivity contribution in [2.45, 2.75) is 20.4 Å². The molecule has 136 valence electrons. The lowest BCUT2D eigenvalue weighted by atomic mass is 10.2. The number of amides is 2. The largest absolute Gasteiger partial charge is 0.337 e. The average molecular weight is 363 g/mol. The van der Waals surface area contributed by atoms with E-state index in [0.717, 1.165) is 16.6 Å². The summed E-state index contributed by atoms with van der Waals surface area (Å²) in [6, 6.07) is 11.3. The fraction of sp³-hybridized carbons (Fsp3) is 0.444. The van der Waals surface area contributed by atoms with Gasteiger partial charge in [-0.05, 0) is 18.1 Å². The van der Waals surface area contributed by atoms with Gasteiger partial charge in [0.15, 0.2) is 9.84 Å². The highest BCUT2D eigenvalue weighted by Crippen LogP contribution is 2.12. The van der Waals surface area contributed by atoms with Gasteiger partial charge in [0.1, 0.15) is 0 Å². The average Bonchev–Trinajstić information content (AvgIpc) is 2.53. The Balaban J connectivity index is 1.87. The summed E-state index contributed by atoms with van der Waals surface area (Å²) in [4.78, 5) is 18.1. The van der Waals surface area contributed by atoms with Crippen molar-refractivity contribution in [3.8, 4) is 0 Å². The monoisotopic (exact) mass is 363 g/mol. The van der Waals surface area contributed by atoms with Crippen molar-refractivity contribution in [1.82, 2.24) is 15.2 Å². The van der Waals surface area contributed by atoms with Gasteiger partial charge in [0.05, 0.1) is 29.3 Å². The number of rotatable bonds is 7. The summed E-state index contributed by atoms with van der Waals surface area (Å²) in [7, 11) is -1.47. The Morgan fingerprint density at radius 1 is 1.20 bits per heavy atom. The first-order valence-corrected chi connectivity index (χ1v) is 10.1. The van der Waals surface area contributed by atoms with Crippen LogP contribution in [0.5, 0.6) is 0 Å². The molecule has 25 heavy (non-hydrogen) atoms. The summed E-state index contributed by atoms with van der Waals surface area (Å²) in [5, 5.41) is 3.70. The van der Waals surface area contributed by atoms with Gasteiger partial charge in [-0.15, -0.1) is 0 Å². The smallest absolute Gasteiger partial charge is 0.317 e. The Hall–Kier alpha value is -2.15. The molecule has 1 N–H and O–H groups in total. The number of nitrogens with one attached hydrogen (secondary N) is 1. The predicted molar refractivity (Wildman–Crippen MR) is 100 cm³/mol. The van der Waals surface area contributed by atoms with Crippen LogP contribution in [-0.2, 0) is 16.4 Å². The molecule has 0 saturated heterocycles. The lowest BCUT2D eigenvalue weighted by Crippen LogP contribution is -2.39. The number of fused-ring (bicyclic) bond motifs is 1. The zero-order chi connectivity index (χ0) is 18.4. The van der Waals surface area contributed by atoms with E-state index in [9.17, 15) is 13.2 Å². The van der Waals surface area contributed by atoms with Crippen LogP contribution in [0.1, 0.15) is 19.5 Å². The fourth-order valence-corrected chi connectivity index (χ4v) is 4.15. The van der Waals surface area contributed by atoms with Crippen molar-refractivity contribution in [3.05, 3.63) is 42.1 Å². The molecule has 0 atom stereocenters. The molecule has 1 aromatic carbocycles. The Kier molecular flexibility index (Phi) is 6.36. The normalized spacial score (nSPS) is 11.7. The number of aromatic nitrogens is 1. The van der Waals surface area contributed by atoms with Gasteiger partial charge in [0.25, 0.3) is 0 Å². The van der Waals surface area contributed by atoms with E-state index >= 15 is 0 Å². The molecule has 2 amide bonds. The van der Waals surface area contributed by atoms with E-state index in [-0.39, 0.29) is 30.0 Å². The van der Waals surface area contributed by atoms with Gasteiger partial charge in [-0.3, -0.25) is 4.98 Å². The molecule has 0 spiro atoms. The van der Waals surface area contributed by atoms with Crippen LogP contribution in [0.3, 0.4) is 0 Å². The zero-order valence-electron chi connectivity index (χ0n) is 14.9. The number of urea groups is 1. The maximum absolute atomic E-state index is 12.1. The third kappa shape index (κ3) is 6.01. The van der Waals surface area contributed by atoms with E-state index in [0.29, 0.717) is 6.54 Å². The number of carbonyl (C=O) groups is 1. The molecule has 0 aliphatic carbocycles. The van der Waals surface area contributed by atoms with E-state index in [1.165, 1.54) is 4.90 Å². The van der Waals surface area contributed by atoms with Crippen LogP contribution in [0.4, 0.5) is 4.79 Å². The summed E-state index contributed by atoms with van der Waals surface area (Å²) in [5.41, 5.74) is 1.66. The van der Waals surface area contributed by atoms with E-state index in [4.69, 9.17) is 0 Å². The summed E-state index contributed by atoms with van der Waals surface area (Å²) in [6.07, 6.45) is 0. The highest BCUT2D eigenvalue weighted by Gasteiger charge is 2.15. The number of nitrogens with zero attached hydrogens (tertiary/aromatic N) is 2. The van der Waals surface area contributed by atoms with Crippen molar-refractivity contribution in [1.29, 1.82) is 0 Å². The number of para-hydroxylation sites is 1. The number of sulfone groups is 1. The predicted octanol–water partition coefficient (Wildman–Crippen LogP) is 2.45. The van der Waals surface area contributed by atoms with Crippen molar-refractivity contribution in [3.63, 3.8) is 0 Å². The number of hydrogen-bond acceptors (Lipinski definition) is 4. The third-order valence-electron chi connectivity index (χ3n) is 3.68. The van der Waals surface area contributed by atoms with Crippen LogP contribution in [0.15, 0.2) is 36.4 Å². The summed E-state index contributed by atoms with van der Waals surface area (Å²) < 4.78 is 23.7. The molecule has 0 unspecified atom stereocenters. The molecule has 1 heterocycles. The molecule has 1 aromatic heterocycles. The molecule has 0 bridgehead atoms. The van der Waals surface area contributed by atoms with Gasteiger partial charge < -0.3 is 10.2 Å². The van der Waals surface area contributed by atoms with E-state index in [1.54, 1.807) is 7.05 Å². The molecule has 0 fully saturated rings. The van der Waals surface area contributed by atoms with E-state index in [1.807, 2.05) is 50.2 Å². The highest BCUT2D eigenvalue weighted by molar-refractivity contribution is 7.91. The molecular formula is C18H25N3O3S. The highest BCUT2D eigenvalue weighted by atomic mass is 32.2. The second-order valence-electron chi connectivity index (χ2n) is 6.59. The topological polar surface area (TPSA) is 79.4 Å². The number of benzene rings is 1. The number of pyridine rings is 1. The maximum atomic E-state index is 12.1. The van der Waals surface area contributed by atoms with Crippen molar-refractivity contribution < 1.29 is 13.2 Å². The quantitative estimate of drug-likeness (QED) is 0.819. The van der Waals surface area contributed by atoms with Crippen LogP contribution in [0, 0.1) is 5.92 Å². The number of hydrogen-bond donors (Lipinski definition) is 1. The first kappa shape index (κ1) is 19.2. The molecule has 2 rings (SSSR count). The maximum Gasteiger partial charge on any atom is 0.317 e. The SMILES string of the molecule is CC(C)CS(=O)(=O)CCNC(=O)N(C)Cc1ccc2ccccc2n1. The summed E-state index contributed by atoms with van der Waals surface area (Å²) in [5.74, 6) is 0.181. The zero-order valence-corrected chi connectivity index (χ0v) is 15.7. The van der Waals surface area contributed by atoms with Crippen LogP contribution in [-0.4, -0.2) is 49.4 Å². The lowest BCUT2D eigenvalue weighted by molar-refractivity contribution is 0.207. The van der Waals surface area contributed by atoms with Crippen LogP contribution in [0.25, 0.3) is 10.9 Å². The molecule has 0 aliphatic rings. The lowest BCUT2D eigenvalue weighted by Gasteiger charge is -2.18. The first-order chi connectivity index (χ1) is 11.8. The fourth-order valence-electron chi connectivity index (χ4n) is 2.55. The van der Waals surface area contributed by atoms with Gasteiger partial charge in [-0.1, -0.05) is 38.1 Å². The van der Waals surface area contributed by atoms with Gasteiger partial charge >= 0.3 is 6.03 Å². The van der Waals surface area contributed by atoms with Gasteiger partial charge in [-0.2, -0.15) is 0 Å². The third-order valence-corrected chi connectivity index (χ3v) is 5.68. The minimum absolute atomic E-state index is 0.0427. The van der Waals surface area contributed by atoms with Crippen LogP contribution in [0.2, 0.25) is 0 Å². The molecule has 0 radical (unpaired) electrons. The van der Waals surface area contributed by atoms with E-state index in [2.05, 4.69) is 10.3 Å². The van der Waals surface area contributed by atoms with Crippen molar-refractivity contribution in [2.75, 3.05) is 25.1 Å². The second-order valence-corrected chi connectivity index (χ2v) is 8.82. The standard InChI is InChI=1S/C18H25N3O3S/c1-14(2)13-25(23,24)11-10-19-18(22)21(3)12-16-9-8-15-6-4-5-7-17(15)20-16/h4-9,14H,10-13H2,1-3H3,(H,19,22). The summed E-state index contributed by atoms with van der Waals surface area (Å²) in [6.45, 7) is 4.19. The van der Waals surface area contributed by atoms with E-state index < -0.39 is 9.84 Å². The first-order valence-electron chi connectivity index (χ1n) is 8.31. The molecule has 2 aromatic rings. The van der Waals surface area contributed by atoms with Crippen LogP contribution < -0.4 is 5.32 Å². The Bertz CT molecular complexity index is 834. The van der Waals surface area contributed by atoms with Crippen molar-refractivity contribution >= 4 is 26.8 Å². The Labute approximate surface area is 149 Å². The van der Waals surface area contributed by atoms with Gasteiger partial charge in [-0.25, -0.2) is 13.2 Å². The van der Waals surface area contributed by atoms with Crippen molar-refractivity contribution in [2.24, 2.45) is 5.92 Å². The minimum Gasteiger partial charge on any atom is -0.337 e. The second kappa shape index (κ2) is 8.29. The minimum atomic E-state index is -3.13. The van der Waals surface area contributed by atoms with Crippen LogP contribution >= 0.6 is 0 Å². The molecule has 6 nitrogen and oxygen atoms in total.